The fraction of sp³-hybridized carbons (Fsp3) is 0.261. The maximum Gasteiger partial charge on any atom is 0.271 e. The zero-order valence-electron chi connectivity index (χ0n) is 17.9. The summed E-state index contributed by atoms with van der Waals surface area (Å²) in [5, 5.41) is 16.2. The van der Waals surface area contributed by atoms with Crippen LogP contribution in [0, 0.1) is 17.0 Å². The Morgan fingerprint density at radius 1 is 1.06 bits per heavy atom. The minimum atomic E-state index is -3.68. The first kappa shape index (κ1) is 23.2. The van der Waals surface area contributed by atoms with E-state index in [1.54, 1.807) is 6.92 Å². The Labute approximate surface area is 187 Å². The molecule has 3 aromatic rings. The van der Waals surface area contributed by atoms with Crippen molar-refractivity contribution in [2.24, 2.45) is 0 Å². The molecule has 0 aliphatic rings. The molecule has 9 heteroatoms. The lowest BCUT2D eigenvalue weighted by molar-refractivity contribution is -0.384. The van der Waals surface area contributed by atoms with Gasteiger partial charge in [-0.15, -0.1) is 0 Å². The summed E-state index contributed by atoms with van der Waals surface area (Å²) in [7, 11) is -3.68. The molecule has 0 aliphatic carbocycles. The predicted octanol–water partition coefficient (Wildman–Crippen LogP) is 3.92. The maximum atomic E-state index is 12.3. The second kappa shape index (κ2) is 9.78. The molecule has 168 valence electrons. The molecule has 0 spiro atoms. The number of anilines is 1. The number of nitrogens with one attached hydrogen (secondary N) is 1. The number of hydrogen-bond donors (Lipinski definition) is 1. The lowest BCUT2D eigenvalue weighted by Crippen LogP contribution is -2.32. The number of hydrogen-bond acceptors (Lipinski definition) is 5. The second-order valence-corrected chi connectivity index (χ2v) is 9.53. The van der Waals surface area contributed by atoms with Crippen molar-refractivity contribution < 1.29 is 18.1 Å². The summed E-state index contributed by atoms with van der Waals surface area (Å²) in [6.07, 6.45) is 1.46. The molecule has 0 aromatic heterocycles. The Hall–Kier alpha value is -3.46. The highest BCUT2D eigenvalue weighted by molar-refractivity contribution is 7.92. The van der Waals surface area contributed by atoms with Crippen LogP contribution in [0.2, 0.25) is 0 Å². The predicted molar refractivity (Wildman–Crippen MR) is 125 cm³/mol. The van der Waals surface area contributed by atoms with Crippen LogP contribution in [0.1, 0.15) is 24.0 Å². The fourth-order valence-electron chi connectivity index (χ4n) is 3.47. The van der Waals surface area contributed by atoms with Crippen molar-refractivity contribution in [2.45, 2.75) is 26.3 Å². The quantitative estimate of drug-likeness (QED) is 0.388. The number of amides is 1. The fourth-order valence-corrected chi connectivity index (χ4v) is 4.48. The van der Waals surface area contributed by atoms with Gasteiger partial charge in [0.05, 0.1) is 16.9 Å². The van der Waals surface area contributed by atoms with E-state index in [1.807, 2.05) is 42.5 Å². The molecule has 0 unspecified atom stereocenters. The number of rotatable bonds is 9. The number of fused-ring (bicyclic) bond motifs is 1. The van der Waals surface area contributed by atoms with Gasteiger partial charge in [-0.3, -0.25) is 19.2 Å². The van der Waals surface area contributed by atoms with E-state index in [-0.39, 0.29) is 36.7 Å². The van der Waals surface area contributed by atoms with E-state index < -0.39 is 14.9 Å². The van der Waals surface area contributed by atoms with E-state index in [9.17, 15) is 23.3 Å². The van der Waals surface area contributed by atoms with E-state index >= 15 is 0 Å². The number of carbonyl (C=O) groups excluding carboxylic acids is 1. The second-order valence-electron chi connectivity index (χ2n) is 7.62. The Kier molecular flexibility index (Phi) is 7.09. The standard InChI is InChI=1S/C23H25N3O5S/c1-17-9-12-21(26(28)29)15-22(17)25(32(2,30)31)13-5-8-23(27)24-16-18-10-11-19-6-3-4-7-20(19)14-18/h3-4,6-7,9-12,14-15H,5,8,13,16H2,1-2H3,(H,24,27). The summed E-state index contributed by atoms with van der Waals surface area (Å²) in [5.74, 6) is -0.192. The van der Waals surface area contributed by atoms with Gasteiger partial charge < -0.3 is 5.32 Å². The van der Waals surface area contributed by atoms with Crippen LogP contribution in [-0.2, 0) is 21.4 Å². The highest BCUT2D eigenvalue weighted by atomic mass is 32.2. The molecule has 1 amide bonds. The average molecular weight is 456 g/mol. The van der Waals surface area contributed by atoms with E-state index in [4.69, 9.17) is 0 Å². The maximum absolute atomic E-state index is 12.3. The van der Waals surface area contributed by atoms with Crippen molar-refractivity contribution in [1.29, 1.82) is 0 Å². The summed E-state index contributed by atoms with van der Waals surface area (Å²) in [4.78, 5) is 22.8. The van der Waals surface area contributed by atoms with Crippen molar-refractivity contribution >= 4 is 38.1 Å². The van der Waals surface area contributed by atoms with Crippen molar-refractivity contribution in [3.63, 3.8) is 0 Å². The summed E-state index contributed by atoms with van der Waals surface area (Å²) in [6, 6.07) is 18.0. The van der Waals surface area contributed by atoms with E-state index in [0.29, 0.717) is 12.1 Å². The number of nitrogens with zero attached hydrogens (tertiary/aromatic N) is 2. The van der Waals surface area contributed by atoms with Gasteiger partial charge in [0.15, 0.2) is 0 Å². The van der Waals surface area contributed by atoms with Crippen LogP contribution in [0.5, 0.6) is 0 Å². The smallest absolute Gasteiger partial charge is 0.271 e. The van der Waals surface area contributed by atoms with Gasteiger partial charge in [-0.2, -0.15) is 0 Å². The van der Waals surface area contributed by atoms with Gasteiger partial charge in [-0.25, -0.2) is 8.42 Å². The van der Waals surface area contributed by atoms with Crippen LogP contribution >= 0.6 is 0 Å². The normalized spacial score (nSPS) is 11.3. The van der Waals surface area contributed by atoms with Gasteiger partial charge >= 0.3 is 0 Å². The molecule has 8 nitrogen and oxygen atoms in total. The largest absolute Gasteiger partial charge is 0.352 e. The Morgan fingerprint density at radius 3 is 2.47 bits per heavy atom. The third-order valence-electron chi connectivity index (χ3n) is 5.14. The van der Waals surface area contributed by atoms with E-state index in [0.717, 1.165) is 26.9 Å². The highest BCUT2D eigenvalue weighted by Crippen LogP contribution is 2.27. The van der Waals surface area contributed by atoms with Gasteiger partial charge in [0.1, 0.15) is 0 Å². The number of sulfonamides is 1. The Morgan fingerprint density at radius 2 is 1.78 bits per heavy atom. The number of aryl methyl sites for hydroxylation is 1. The third kappa shape index (κ3) is 5.82. The van der Waals surface area contributed by atoms with Gasteiger partial charge in [0, 0.05) is 31.6 Å². The number of benzene rings is 3. The van der Waals surface area contributed by atoms with E-state index in [2.05, 4.69) is 5.32 Å². The van der Waals surface area contributed by atoms with Crippen LogP contribution in [0.3, 0.4) is 0 Å². The number of non-ortho nitro benzene ring substituents is 1. The first-order valence-electron chi connectivity index (χ1n) is 10.1. The van der Waals surface area contributed by atoms with Gasteiger partial charge in [0.25, 0.3) is 5.69 Å². The molecular weight excluding hydrogens is 430 g/mol. The SMILES string of the molecule is Cc1ccc([N+](=O)[O-])cc1N(CCCC(=O)NCc1ccc2ccccc2c1)S(C)(=O)=O. The molecule has 1 N–H and O–H groups in total. The van der Waals surface area contributed by atoms with Crippen LogP contribution < -0.4 is 9.62 Å². The van der Waals surface area contributed by atoms with Gasteiger partial charge in [-0.05, 0) is 41.3 Å². The Balaban J connectivity index is 1.60. The molecule has 3 rings (SSSR count). The molecule has 0 saturated carbocycles. The molecule has 3 aromatic carbocycles. The molecule has 0 atom stereocenters. The lowest BCUT2D eigenvalue weighted by atomic mass is 10.1. The van der Waals surface area contributed by atoms with Crippen LogP contribution in [0.25, 0.3) is 10.8 Å². The zero-order chi connectivity index (χ0) is 23.3. The summed E-state index contributed by atoms with van der Waals surface area (Å²) >= 11 is 0. The Bertz CT molecular complexity index is 1260. The minimum Gasteiger partial charge on any atom is -0.352 e. The van der Waals surface area contributed by atoms with Crippen LogP contribution in [0.15, 0.2) is 60.7 Å². The third-order valence-corrected chi connectivity index (χ3v) is 6.32. The highest BCUT2D eigenvalue weighted by Gasteiger charge is 2.22. The zero-order valence-corrected chi connectivity index (χ0v) is 18.8. The van der Waals surface area contributed by atoms with Gasteiger partial charge in [-0.1, -0.05) is 42.5 Å². The molecule has 0 aliphatic heterocycles. The number of nitro benzene ring substituents is 1. The number of carbonyl (C=O) groups is 1. The molecule has 0 heterocycles. The van der Waals surface area contributed by atoms with Gasteiger partial charge in [0.2, 0.25) is 15.9 Å². The molecule has 0 fully saturated rings. The molecule has 0 radical (unpaired) electrons. The number of nitro groups is 1. The first-order valence-corrected chi connectivity index (χ1v) is 12.0. The summed E-state index contributed by atoms with van der Waals surface area (Å²) in [6.45, 7) is 2.11. The topological polar surface area (TPSA) is 110 Å². The van der Waals surface area contributed by atoms with Crippen LogP contribution in [0.4, 0.5) is 11.4 Å². The van der Waals surface area contributed by atoms with Crippen molar-refractivity contribution in [3.8, 4) is 0 Å². The first-order chi connectivity index (χ1) is 15.1. The lowest BCUT2D eigenvalue weighted by Gasteiger charge is -2.24. The molecule has 0 saturated heterocycles. The summed E-state index contributed by atoms with van der Waals surface area (Å²) < 4.78 is 25.7. The van der Waals surface area contributed by atoms with E-state index in [1.165, 1.54) is 18.2 Å². The van der Waals surface area contributed by atoms with Crippen molar-refractivity contribution in [2.75, 3.05) is 17.1 Å². The minimum absolute atomic E-state index is 0.0459. The molecular formula is C23H25N3O5S. The summed E-state index contributed by atoms with van der Waals surface area (Å²) in [5.41, 5.74) is 1.63. The molecule has 32 heavy (non-hydrogen) atoms. The van der Waals surface area contributed by atoms with Crippen molar-refractivity contribution in [1.82, 2.24) is 5.32 Å². The monoisotopic (exact) mass is 455 g/mol. The van der Waals surface area contributed by atoms with Crippen LogP contribution in [-0.4, -0.2) is 32.0 Å². The van der Waals surface area contributed by atoms with Crippen molar-refractivity contribution in [3.05, 3.63) is 81.9 Å². The molecule has 0 bridgehead atoms. The average Bonchev–Trinajstić information content (AvgIpc) is 2.75.